The Balaban J connectivity index is 1.32. The molecule has 3 heterocycles. The first-order valence-electron chi connectivity index (χ1n) is 14.9. The third-order valence-corrected chi connectivity index (χ3v) is 10.9. The number of phenols is 1. The summed E-state index contributed by atoms with van der Waals surface area (Å²) >= 11 is 15.8. The molecule has 2 aliphatic heterocycles. The Labute approximate surface area is 304 Å². The zero-order valence-corrected chi connectivity index (χ0v) is 29.9. The molecule has 2 saturated heterocycles. The lowest BCUT2D eigenvalue weighted by atomic mass is 9.99. The number of benzene rings is 3. The van der Waals surface area contributed by atoms with Crippen LogP contribution in [0.2, 0.25) is 10.0 Å². The molecule has 2 fully saturated rings. The number of aromatic hydroxyl groups is 1. The molecule has 48 heavy (non-hydrogen) atoms. The van der Waals surface area contributed by atoms with Crippen LogP contribution in [-0.2, 0) is 29.1 Å². The molecular formula is C32H31Cl2IN8O4S. The highest BCUT2D eigenvalue weighted by Crippen LogP contribution is 2.34. The Bertz CT molecular complexity index is 1910. The van der Waals surface area contributed by atoms with Gasteiger partial charge >= 0.3 is 6.03 Å². The van der Waals surface area contributed by atoms with Crippen LogP contribution in [0.15, 0.2) is 67.3 Å². The van der Waals surface area contributed by atoms with Crippen LogP contribution in [-0.4, -0.2) is 79.6 Å². The fraction of sp³-hybridized carbons (Fsp3) is 0.250. The van der Waals surface area contributed by atoms with Gasteiger partial charge in [-0.2, -0.15) is 5.01 Å². The number of aromatic nitrogens is 1. The molecule has 0 saturated carbocycles. The molecule has 4 amide bonds. The van der Waals surface area contributed by atoms with Crippen LogP contribution in [0.25, 0.3) is 10.2 Å². The first-order valence-corrected chi connectivity index (χ1v) is 17.5. The zero-order chi connectivity index (χ0) is 34.1. The summed E-state index contributed by atoms with van der Waals surface area (Å²) in [5.74, 6) is -0.609. The summed E-state index contributed by atoms with van der Waals surface area (Å²) in [6, 6.07) is 14.4. The van der Waals surface area contributed by atoms with Crippen molar-refractivity contribution < 1.29 is 19.5 Å². The van der Waals surface area contributed by atoms with Gasteiger partial charge in [-0.25, -0.2) is 9.78 Å². The van der Waals surface area contributed by atoms with Gasteiger partial charge in [0.1, 0.15) is 18.0 Å². The monoisotopic (exact) mass is 820 g/mol. The number of urea groups is 1. The summed E-state index contributed by atoms with van der Waals surface area (Å²) in [6.07, 6.45) is 1.08. The number of hydrazine groups is 1. The second kappa shape index (κ2) is 14.3. The van der Waals surface area contributed by atoms with Crippen molar-refractivity contribution in [3.8, 4) is 5.75 Å². The molecule has 0 radical (unpaired) electrons. The van der Waals surface area contributed by atoms with Crippen LogP contribution in [0.5, 0.6) is 5.75 Å². The van der Waals surface area contributed by atoms with Crippen LogP contribution >= 0.6 is 57.4 Å². The number of piperazine rings is 1. The number of thiazole rings is 1. The van der Waals surface area contributed by atoms with E-state index >= 15 is 0 Å². The summed E-state index contributed by atoms with van der Waals surface area (Å²) in [4.78, 5) is 49.7. The average Bonchev–Trinajstić information content (AvgIpc) is 3.65. The Morgan fingerprint density at radius 1 is 1.17 bits per heavy atom. The van der Waals surface area contributed by atoms with Gasteiger partial charge in [-0.15, -0.1) is 6.58 Å². The maximum absolute atomic E-state index is 14.3. The predicted molar refractivity (Wildman–Crippen MR) is 196 cm³/mol. The third-order valence-electron chi connectivity index (χ3n) is 8.31. The fourth-order valence-electron chi connectivity index (χ4n) is 6.07. The van der Waals surface area contributed by atoms with E-state index in [1.54, 1.807) is 51.2 Å². The lowest BCUT2D eigenvalue weighted by Gasteiger charge is -2.46. The van der Waals surface area contributed by atoms with Gasteiger partial charge in [0, 0.05) is 19.5 Å². The summed E-state index contributed by atoms with van der Waals surface area (Å²) in [7, 11) is 0. The number of halogens is 3. The maximum Gasteiger partial charge on any atom is 0.332 e. The fourth-order valence-corrected chi connectivity index (χ4v) is 7.64. The van der Waals surface area contributed by atoms with E-state index in [-0.39, 0.29) is 62.4 Å². The van der Waals surface area contributed by atoms with E-state index in [0.29, 0.717) is 15.6 Å². The molecule has 12 nitrogen and oxygen atoms in total. The summed E-state index contributed by atoms with van der Waals surface area (Å²) in [5, 5.41) is 17.6. The van der Waals surface area contributed by atoms with E-state index in [1.165, 1.54) is 22.4 Å². The average molecular weight is 822 g/mol. The minimum atomic E-state index is -0.892. The predicted octanol–water partition coefficient (Wildman–Crippen LogP) is 5.39. The van der Waals surface area contributed by atoms with Crippen LogP contribution in [0.3, 0.4) is 0 Å². The number of fused-ring (bicyclic) bond motifs is 2. The normalized spacial score (nSPS) is 17.9. The van der Waals surface area contributed by atoms with Gasteiger partial charge in [-0.05, 0) is 47.0 Å². The number of carbonyl (C=O) groups excluding carboxylic acids is 3. The molecule has 0 aliphatic carbocycles. The minimum Gasteiger partial charge on any atom is -0.506 e. The number of amides is 4. The molecule has 250 valence electrons. The highest BCUT2D eigenvalue weighted by molar-refractivity contribution is 14.1. The van der Waals surface area contributed by atoms with E-state index in [1.807, 2.05) is 41.1 Å². The molecule has 0 bridgehead atoms. The van der Waals surface area contributed by atoms with Crippen molar-refractivity contribution in [3.63, 3.8) is 0 Å². The quantitative estimate of drug-likeness (QED) is 0.0548. The smallest absolute Gasteiger partial charge is 0.332 e. The molecule has 0 unspecified atom stereocenters. The SMILES string of the molecule is C=CCN(C(=O)NCc1ccc(Cl)c(Cl)c1)N1CC(=O)N2[C@@H](Cc3ccc(O)c(N)c3)C(=O)N(Cc3cccc4sc(NI)nc34)C[C@@H]21. The van der Waals surface area contributed by atoms with Crippen molar-refractivity contribution in [3.05, 3.63) is 94.0 Å². The van der Waals surface area contributed by atoms with Crippen molar-refractivity contribution >= 4 is 96.3 Å². The lowest BCUT2D eigenvalue weighted by Crippen LogP contribution is -2.66. The van der Waals surface area contributed by atoms with Gasteiger partial charge in [-0.3, -0.25) is 14.6 Å². The zero-order valence-electron chi connectivity index (χ0n) is 25.4. The standard InChI is InChI=1S/C32H31Cl2IN8O4S/c1-2-10-41(32(47)37-14-19-6-8-21(33)22(34)11-19)42-17-28(45)43-24(13-18-7-9-25(44)23(36)12-18)30(46)40(16-27(42)43)15-20-4-3-5-26-29(20)38-31(39-35)48-26/h2-9,11-12,24,27,44H,1,10,13-17,36H2,(H,37,47)(H,38,39)/t24-,27+/m0/s1. The Kier molecular flexibility index (Phi) is 10.2. The lowest BCUT2D eigenvalue weighted by molar-refractivity contribution is -0.157. The van der Waals surface area contributed by atoms with E-state index in [0.717, 1.165) is 26.5 Å². The summed E-state index contributed by atoms with van der Waals surface area (Å²) < 4.78 is 4.03. The largest absolute Gasteiger partial charge is 0.506 e. The van der Waals surface area contributed by atoms with Crippen LogP contribution in [0, 0.1) is 0 Å². The number of nitrogens with zero attached hydrogens (tertiary/aromatic N) is 5. The van der Waals surface area contributed by atoms with Gasteiger partial charge in [0.15, 0.2) is 5.13 Å². The molecule has 2 aliphatic rings. The van der Waals surface area contributed by atoms with Crippen molar-refractivity contribution in [1.82, 2.24) is 30.1 Å². The number of nitrogens with one attached hydrogen (secondary N) is 2. The second-order valence-electron chi connectivity index (χ2n) is 11.4. The number of rotatable bonds is 10. The number of hydrogen-bond donors (Lipinski definition) is 4. The third kappa shape index (κ3) is 6.85. The number of nitrogen functional groups attached to an aromatic ring is 1. The Morgan fingerprint density at radius 3 is 2.69 bits per heavy atom. The van der Waals surface area contributed by atoms with E-state index in [4.69, 9.17) is 33.9 Å². The van der Waals surface area contributed by atoms with Crippen LogP contribution in [0.4, 0.5) is 15.6 Å². The molecule has 0 spiro atoms. The van der Waals surface area contributed by atoms with E-state index in [9.17, 15) is 19.5 Å². The highest BCUT2D eigenvalue weighted by atomic mass is 127. The van der Waals surface area contributed by atoms with E-state index < -0.39 is 18.2 Å². The summed E-state index contributed by atoms with van der Waals surface area (Å²) in [6.45, 7) is 4.38. The topological polar surface area (TPSA) is 147 Å². The number of anilines is 2. The molecular weight excluding hydrogens is 790 g/mol. The van der Waals surface area contributed by atoms with Crippen molar-refractivity contribution in [2.75, 3.05) is 28.9 Å². The van der Waals surface area contributed by atoms with Gasteiger partial charge in [0.2, 0.25) is 11.8 Å². The molecule has 4 aromatic rings. The van der Waals surface area contributed by atoms with Crippen molar-refractivity contribution in [2.45, 2.75) is 31.7 Å². The first-order chi connectivity index (χ1) is 23.1. The number of hydrogen-bond acceptors (Lipinski definition) is 9. The minimum absolute atomic E-state index is 0.0691. The summed E-state index contributed by atoms with van der Waals surface area (Å²) in [5.41, 5.74) is 9.22. The molecule has 5 N–H and O–H groups in total. The number of carbonyl (C=O) groups is 3. The second-order valence-corrected chi connectivity index (χ2v) is 13.8. The molecule has 16 heteroatoms. The highest BCUT2D eigenvalue weighted by Gasteiger charge is 2.52. The number of phenolic OH excluding ortho intramolecular Hbond substituents is 1. The molecule has 1 aromatic heterocycles. The first kappa shape index (κ1) is 34.0. The number of nitrogens with two attached hydrogens (primary N) is 1. The Morgan fingerprint density at radius 2 is 1.96 bits per heavy atom. The van der Waals surface area contributed by atoms with Crippen molar-refractivity contribution in [1.29, 1.82) is 0 Å². The van der Waals surface area contributed by atoms with Gasteiger partial charge in [0.05, 0.1) is 68.4 Å². The van der Waals surface area contributed by atoms with Gasteiger partial charge in [-0.1, -0.05) is 64.9 Å². The van der Waals surface area contributed by atoms with Gasteiger partial charge in [0.25, 0.3) is 0 Å². The van der Waals surface area contributed by atoms with Gasteiger partial charge < -0.3 is 29.5 Å². The maximum atomic E-state index is 14.3. The Hall–Kier alpha value is -3.83. The molecule has 6 rings (SSSR count). The van der Waals surface area contributed by atoms with E-state index in [2.05, 4.69) is 15.4 Å². The van der Waals surface area contributed by atoms with Crippen molar-refractivity contribution in [2.24, 2.45) is 0 Å². The van der Waals surface area contributed by atoms with Crippen LogP contribution in [0.1, 0.15) is 16.7 Å². The molecule has 3 aromatic carbocycles. The number of para-hydroxylation sites is 1. The van der Waals surface area contributed by atoms with Crippen LogP contribution < -0.4 is 14.6 Å². The molecule has 2 atom stereocenters.